The van der Waals surface area contributed by atoms with E-state index in [1.165, 1.54) is 16.8 Å². The summed E-state index contributed by atoms with van der Waals surface area (Å²) in [5.74, 6) is 0.128. The Labute approximate surface area is 92.5 Å². The third kappa shape index (κ3) is 2.27. The van der Waals surface area contributed by atoms with Crippen LogP contribution in [0.3, 0.4) is 0 Å². The highest BCUT2D eigenvalue weighted by Gasteiger charge is 2.05. The Balaban J connectivity index is 2.13. The molecule has 2 aromatic heterocycles. The molecule has 5 nitrogen and oxygen atoms in total. The number of pyridine rings is 1. The zero-order valence-electron chi connectivity index (χ0n) is 9.02. The van der Waals surface area contributed by atoms with Crippen LogP contribution < -0.4 is 11.1 Å². The van der Waals surface area contributed by atoms with E-state index in [1.807, 2.05) is 6.92 Å². The lowest BCUT2D eigenvalue weighted by atomic mass is 10.2. The minimum absolute atomic E-state index is 0.0725. The van der Waals surface area contributed by atoms with Crippen LogP contribution in [0, 0.1) is 5.82 Å². The molecule has 3 N–H and O–H groups in total. The minimum atomic E-state index is -0.339. The first-order valence-electron chi connectivity index (χ1n) is 5.20. The molecule has 2 aromatic rings. The molecule has 0 saturated carbocycles. The summed E-state index contributed by atoms with van der Waals surface area (Å²) in [5.41, 5.74) is 6.36. The van der Waals surface area contributed by atoms with Crippen molar-refractivity contribution in [1.29, 1.82) is 0 Å². The fourth-order valence-electron chi connectivity index (χ4n) is 1.30. The van der Waals surface area contributed by atoms with Crippen LogP contribution in [0.2, 0.25) is 0 Å². The summed E-state index contributed by atoms with van der Waals surface area (Å²) in [6.45, 7) is 2.62. The molecule has 6 heteroatoms. The number of fused-ring (bicyclic) bond motifs is 1. The zero-order chi connectivity index (χ0) is 11.5. The second-order valence-electron chi connectivity index (χ2n) is 3.63. The average Bonchev–Trinajstić information content (AvgIpc) is 2.67. The summed E-state index contributed by atoms with van der Waals surface area (Å²) in [4.78, 5) is 4.18. The van der Waals surface area contributed by atoms with E-state index in [2.05, 4.69) is 15.4 Å². The standard InChI is InChI=1S/C10H14FN5/c1-2-8(12)5-13-10-14-9-4-3-7(11)6-16(9)15-10/h3-4,6,8H,2,5,12H2,1H3,(H,13,15). The molecule has 0 spiro atoms. The van der Waals surface area contributed by atoms with Crippen molar-refractivity contribution < 1.29 is 4.39 Å². The number of nitrogens with zero attached hydrogens (tertiary/aromatic N) is 3. The van der Waals surface area contributed by atoms with Crippen molar-refractivity contribution in [2.45, 2.75) is 19.4 Å². The first-order valence-corrected chi connectivity index (χ1v) is 5.20. The summed E-state index contributed by atoms with van der Waals surface area (Å²) in [7, 11) is 0. The monoisotopic (exact) mass is 223 g/mol. The van der Waals surface area contributed by atoms with Gasteiger partial charge < -0.3 is 11.1 Å². The lowest BCUT2D eigenvalue weighted by Crippen LogP contribution is -2.28. The number of halogens is 1. The van der Waals surface area contributed by atoms with E-state index in [9.17, 15) is 4.39 Å². The SMILES string of the molecule is CCC(N)CNc1nc2ccc(F)cn2n1. The number of nitrogens with one attached hydrogen (secondary N) is 1. The molecule has 0 aromatic carbocycles. The second-order valence-corrected chi connectivity index (χ2v) is 3.63. The van der Waals surface area contributed by atoms with Gasteiger partial charge in [0.1, 0.15) is 5.82 Å². The molecule has 0 aliphatic heterocycles. The highest BCUT2D eigenvalue weighted by Crippen LogP contribution is 2.06. The third-order valence-corrected chi connectivity index (χ3v) is 2.34. The molecule has 1 atom stereocenters. The first-order chi connectivity index (χ1) is 7.69. The molecule has 0 saturated heterocycles. The maximum Gasteiger partial charge on any atom is 0.243 e. The van der Waals surface area contributed by atoms with E-state index in [1.54, 1.807) is 6.07 Å². The number of hydrogen-bond acceptors (Lipinski definition) is 4. The summed E-state index contributed by atoms with van der Waals surface area (Å²) in [5, 5.41) is 7.09. The van der Waals surface area contributed by atoms with E-state index < -0.39 is 0 Å². The highest BCUT2D eigenvalue weighted by atomic mass is 19.1. The van der Waals surface area contributed by atoms with Crippen LogP contribution in [-0.4, -0.2) is 27.2 Å². The number of anilines is 1. The van der Waals surface area contributed by atoms with Crippen molar-refractivity contribution in [2.24, 2.45) is 5.73 Å². The quantitative estimate of drug-likeness (QED) is 0.812. The van der Waals surface area contributed by atoms with Gasteiger partial charge in [-0.3, -0.25) is 0 Å². The number of hydrogen-bond donors (Lipinski definition) is 2. The van der Waals surface area contributed by atoms with Gasteiger partial charge in [0, 0.05) is 12.6 Å². The molecule has 0 bridgehead atoms. The Hall–Kier alpha value is -1.69. The van der Waals surface area contributed by atoms with Gasteiger partial charge in [-0.25, -0.2) is 8.91 Å². The molecular weight excluding hydrogens is 209 g/mol. The average molecular weight is 223 g/mol. The van der Waals surface area contributed by atoms with Crippen LogP contribution in [0.25, 0.3) is 5.65 Å². The topological polar surface area (TPSA) is 68.2 Å². The molecule has 0 fully saturated rings. The maximum absolute atomic E-state index is 12.9. The maximum atomic E-state index is 12.9. The van der Waals surface area contributed by atoms with E-state index in [0.717, 1.165) is 6.42 Å². The molecule has 1 unspecified atom stereocenters. The Morgan fingerprint density at radius 2 is 2.38 bits per heavy atom. The van der Waals surface area contributed by atoms with Crippen LogP contribution >= 0.6 is 0 Å². The van der Waals surface area contributed by atoms with Crippen molar-refractivity contribution in [2.75, 3.05) is 11.9 Å². The molecule has 86 valence electrons. The van der Waals surface area contributed by atoms with Gasteiger partial charge in [0.05, 0.1) is 6.20 Å². The third-order valence-electron chi connectivity index (χ3n) is 2.34. The normalized spacial score (nSPS) is 12.9. The van der Waals surface area contributed by atoms with Gasteiger partial charge in [0.15, 0.2) is 5.65 Å². The Morgan fingerprint density at radius 3 is 3.12 bits per heavy atom. The van der Waals surface area contributed by atoms with Crippen LogP contribution in [0.1, 0.15) is 13.3 Å². The number of nitrogens with two attached hydrogens (primary N) is 1. The van der Waals surface area contributed by atoms with Crippen LogP contribution in [0.15, 0.2) is 18.3 Å². The molecular formula is C10H14FN5. The number of rotatable bonds is 4. The van der Waals surface area contributed by atoms with Crippen LogP contribution in [0.5, 0.6) is 0 Å². The summed E-state index contributed by atoms with van der Waals surface area (Å²) >= 11 is 0. The lowest BCUT2D eigenvalue weighted by molar-refractivity contribution is 0.614. The second kappa shape index (κ2) is 4.44. The molecule has 0 aliphatic rings. The molecule has 0 aliphatic carbocycles. The van der Waals surface area contributed by atoms with Gasteiger partial charge in [-0.05, 0) is 18.6 Å². The van der Waals surface area contributed by atoms with Crippen molar-refractivity contribution in [3.63, 3.8) is 0 Å². The zero-order valence-corrected chi connectivity index (χ0v) is 9.02. The van der Waals surface area contributed by atoms with E-state index in [0.29, 0.717) is 18.1 Å². The van der Waals surface area contributed by atoms with Gasteiger partial charge in [-0.15, -0.1) is 5.10 Å². The fourth-order valence-corrected chi connectivity index (χ4v) is 1.30. The van der Waals surface area contributed by atoms with Gasteiger partial charge in [0.2, 0.25) is 5.95 Å². The van der Waals surface area contributed by atoms with Crippen molar-refractivity contribution in [3.8, 4) is 0 Å². The van der Waals surface area contributed by atoms with E-state index >= 15 is 0 Å². The smallest absolute Gasteiger partial charge is 0.243 e. The fraction of sp³-hybridized carbons (Fsp3) is 0.400. The molecule has 0 radical (unpaired) electrons. The predicted octanol–water partition coefficient (Wildman–Crippen LogP) is 1.02. The molecule has 2 rings (SSSR count). The molecule has 2 heterocycles. The first kappa shape index (κ1) is 10.8. The predicted molar refractivity (Wildman–Crippen MR) is 59.7 cm³/mol. The summed E-state index contributed by atoms with van der Waals surface area (Å²) in [6, 6.07) is 3.00. The van der Waals surface area contributed by atoms with Crippen molar-refractivity contribution in [1.82, 2.24) is 14.6 Å². The largest absolute Gasteiger partial charge is 0.351 e. The number of aromatic nitrogens is 3. The highest BCUT2D eigenvalue weighted by molar-refractivity contribution is 5.43. The summed E-state index contributed by atoms with van der Waals surface area (Å²) < 4.78 is 14.3. The molecule has 16 heavy (non-hydrogen) atoms. The van der Waals surface area contributed by atoms with Crippen molar-refractivity contribution in [3.05, 3.63) is 24.1 Å². The summed E-state index contributed by atoms with van der Waals surface area (Å²) in [6.07, 6.45) is 2.17. The van der Waals surface area contributed by atoms with Crippen molar-refractivity contribution >= 4 is 11.6 Å². The van der Waals surface area contributed by atoms with Crippen LogP contribution in [-0.2, 0) is 0 Å². The van der Waals surface area contributed by atoms with Gasteiger partial charge in [0.25, 0.3) is 0 Å². The Bertz CT molecular complexity index is 481. The van der Waals surface area contributed by atoms with Gasteiger partial charge >= 0.3 is 0 Å². The lowest BCUT2D eigenvalue weighted by Gasteiger charge is -2.07. The van der Waals surface area contributed by atoms with E-state index in [-0.39, 0.29) is 11.9 Å². The minimum Gasteiger partial charge on any atom is -0.351 e. The van der Waals surface area contributed by atoms with Gasteiger partial charge in [-0.1, -0.05) is 6.92 Å². The Morgan fingerprint density at radius 1 is 1.56 bits per heavy atom. The Kier molecular flexibility index (Phi) is 3.00. The van der Waals surface area contributed by atoms with Crippen LogP contribution in [0.4, 0.5) is 10.3 Å². The van der Waals surface area contributed by atoms with Gasteiger partial charge in [-0.2, -0.15) is 4.98 Å². The van der Waals surface area contributed by atoms with E-state index in [4.69, 9.17) is 5.73 Å². The molecule has 0 amide bonds.